The van der Waals surface area contributed by atoms with Crippen LogP contribution < -0.4 is 4.90 Å². The summed E-state index contributed by atoms with van der Waals surface area (Å²) in [5.74, 6) is 2.21. The maximum atomic E-state index is 12.0. The molecule has 1 amide bonds. The summed E-state index contributed by atoms with van der Waals surface area (Å²) in [7, 11) is 0. The van der Waals surface area contributed by atoms with Gasteiger partial charge in [0.25, 0.3) is 5.69 Å². The third-order valence-corrected chi connectivity index (χ3v) is 3.25. The van der Waals surface area contributed by atoms with Gasteiger partial charge in [-0.1, -0.05) is 6.07 Å². The van der Waals surface area contributed by atoms with Crippen LogP contribution in [0, 0.1) is 42.2 Å². The third-order valence-electron chi connectivity index (χ3n) is 3.25. The quantitative estimate of drug-likeness (QED) is 0.464. The van der Waals surface area contributed by atoms with Gasteiger partial charge in [-0.2, -0.15) is 0 Å². The number of aryl methyl sites for hydroxylation is 2. The van der Waals surface area contributed by atoms with Crippen molar-refractivity contribution >= 4 is 17.3 Å². The van der Waals surface area contributed by atoms with Crippen LogP contribution in [0.25, 0.3) is 0 Å². The van der Waals surface area contributed by atoms with Crippen molar-refractivity contribution in [2.75, 3.05) is 11.4 Å². The van der Waals surface area contributed by atoms with Crippen molar-refractivity contribution in [2.45, 2.75) is 20.3 Å². The molecule has 1 heterocycles. The van der Waals surface area contributed by atoms with Gasteiger partial charge in [-0.3, -0.25) is 14.9 Å². The van der Waals surface area contributed by atoms with Crippen LogP contribution in [0.1, 0.15) is 17.5 Å². The molecule has 0 spiro atoms. The molecule has 2 rings (SSSR count). The Morgan fingerprint density at radius 3 is 2.68 bits per heavy atom. The van der Waals surface area contributed by atoms with Gasteiger partial charge in [0.1, 0.15) is 5.69 Å². The van der Waals surface area contributed by atoms with Gasteiger partial charge in [-0.25, -0.2) is 0 Å². The molecule has 1 aromatic carbocycles. The molecular weight excluding hydrogens is 244 g/mol. The zero-order valence-corrected chi connectivity index (χ0v) is 10.8. The van der Waals surface area contributed by atoms with Crippen molar-refractivity contribution in [2.24, 2.45) is 5.92 Å². The lowest BCUT2D eigenvalue weighted by Gasteiger charge is -2.19. The number of carbonyl (C=O) groups is 1. The van der Waals surface area contributed by atoms with Gasteiger partial charge in [0.15, 0.2) is 0 Å². The first-order valence-electron chi connectivity index (χ1n) is 5.96. The van der Waals surface area contributed by atoms with Crippen molar-refractivity contribution in [3.05, 3.63) is 33.4 Å². The third kappa shape index (κ3) is 2.29. The molecule has 0 radical (unpaired) electrons. The zero-order chi connectivity index (χ0) is 14.2. The van der Waals surface area contributed by atoms with Crippen LogP contribution >= 0.6 is 0 Å². The van der Waals surface area contributed by atoms with E-state index in [0.29, 0.717) is 12.2 Å². The van der Waals surface area contributed by atoms with Crippen molar-refractivity contribution < 1.29 is 9.72 Å². The van der Waals surface area contributed by atoms with E-state index >= 15 is 0 Å². The van der Waals surface area contributed by atoms with Crippen molar-refractivity contribution in [1.82, 2.24) is 0 Å². The van der Waals surface area contributed by atoms with E-state index in [1.165, 1.54) is 11.0 Å². The molecule has 1 unspecified atom stereocenters. The van der Waals surface area contributed by atoms with Crippen molar-refractivity contribution in [3.8, 4) is 12.3 Å². The maximum absolute atomic E-state index is 12.0. The summed E-state index contributed by atoms with van der Waals surface area (Å²) in [6.07, 6.45) is 5.58. The van der Waals surface area contributed by atoms with E-state index in [9.17, 15) is 14.9 Å². The smallest absolute Gasteiger partial charge is 0.293 e. The molecule has 1 fully saturated rings. The number of nitro groups is 1. The number of benzene rings is 1. The fourth-order valence-electron chi connectivity index (χ4n) is 2.46. The van der Waals surface area contributed by atoms with E-state index in [1.54, 1.807) is 13.8 Å². The van der Waals surface area contributed by atoms with E-state index in [2.05, 4.69) is 5.92 Å². The summed E-state index contributed by atoms with van der Waals surface area (Å²) >= 11 is 0. The highest BCUT2D eigenvalue weighted by Crippen LogP contribution is 2.36. The van der Waals surface area contributed by atoms with E-state index in [0.717, 1.165) is 11.1 Å². The van der Waals surface area contributed by atoms with Gasteiger partial charge in [0, 0.05) is 24.9 Å². The van der Waals surface area contributed by atoms with E-state index in [1.807, 2.05) is 6.07 Å². The normalized spacial score (nSPS) is 18.5. The Bertz CT molecular complexity index is 601. The molecule has 98 valence electrons. The summed E-state index contributed by atoms with van der Waals surface area (Å²) < 4.78 is 0. The van der Waals surface area contributed by atoms with Crippen LogP contribution in [0.2, 0.25) is 0 Å². The summed E-state index contributed by atoms with van der Waals surface area (Å²) in [6, 6.07) is 3.32. The number of amides is 1. The molecule has 5 heteroatoms. The molecule has 1 aliphatic heterocycles. The highest BCUT2D eigenvalue weighted by atomic mass is 16.6. The Morgan fingerprint density at radius 2 is 2.16 bits per heavy atom. The molecule has 0 N–H and O–H groups in total. The fraction of sp³-hybridized carbons (Fsp3) is 0.357. The van der Waals surface area contributed by atoms with Crippen LogP contribution in [-0.4, -0.2) is 17.4 Å². The second-order valence-corrected chi connectivity index (χ2v) is 4.78. The minimum Gasteiger partial charge on any atom is -0.305 e. The number of rotatable bonds is 2. The molecule has 5 nitrogen and oxygen atoms in total. The second kappa shape index (κ2) is 4.73. The monoisotopic (exact) mass is 258 g/mol. The van der Waals surface area contributed by atoms with E-state index in [-0.39, 0.29) is 23.9 Å². The first kappa shape index (κ1) is 13.1. The minimum atomic E-state index is -0.453. The van der Waals surface area contributed by atoms with E-state index in [4.69, 9.17) is 6.42 Å². The topological polar surface area (TPSA) is 63.5 Å². The lowest BCUT2D eigenvalue weighted by molar-refractivity contribution is -0.384. The Hall–Kier alpha value is -2.35. The van der Waals surface area contributed by atoms with Gasteiger partial charge in [-0.05, 0) is 25.0 Å². The van der Waals surface area contributed by atoms with Gasteiger partial charge >= 0.3 is 0 Å². The van der Waals surface area contributed by atoms with Crippen LogP contribution in [-0.2, 0) is 4.79 Å². The number of nitro benzene ring substituents is 1. The van der Waals surface area contributed by atoms with Crippen LogP contribution in [0.4, 0.5) is 11.4 Å². The summed E-state index contributed by atoms with van der Waals surface area (Å²) in [6.45, 7) is 3.91. The number of carbonyl (C=O) groups excluding carboxylic acids is 1. The number of nitrogens with zero attached hydrogens (tertiary/aromatic N) is 2. The fourth-order valence-corrected chi connectivity index (χ4v) is 2.46. The molecule has 1 aliphatic rings. The molecular formula is C14H14N2O3. The number of hydrogen-bond acceptors (Lipinski definition) is 3. The molecule has 0 aliphatic carbocycles. The first-order chi connectivity index (χ1) is 8.93. The average molecular weight is 258 g/mol. The van der Waals surface area contributed by atoms with Crippen LogP contribution in [0.15, 0.2) is 12.1 Å². The zero-order valence-electron chi connectivity index (χ0n) is 10.8. The number of anilines is 1. The van der Waals surface area contributed by atoms with Gasteiger partial charge < -0.3 is 4.90 Å². The minimum absolute atomic E-state index is 0.0384. The molecule has 1 saturated heterocycles. The average Bonchev–Trinajstić information content (AvgIpc) is 2.69. The summed E-state index contributed by atoms with van der Waals surface area (Å²) in [5.41, 5.74) is 1.85. The predicted octanol–water partition coefficient (Wildman–Crippen LogP) is 2.20. The predicted molar refractivity (Wildman–Crippen MR) is 71.9 cm³/mol. The number of hydrogen-bond donors (Lipinski definition) is 0. The van der Waals surface area contributed by atoms with Crippen molar-refractivity contribution in [1.29, 1.82) is 0 Å². The van der Waals surface area contributed by atoms with Crippen molar-refractivity contribution in [3.63, 3.8) is 0 Å². The summed E-state index contributed by atoms with van der Waals surface area (Å²) in [4.78, 5) is 24.1. The lowest BCUT2D eigenvalue weighted by Crippen LogP contribution is -2.26. The molecule has 1 aromatic rings. The van der Waals surface area contributed by atoms with Crippen LogP contribution in [0.3, 0.4) is 0 Å². The maximum Gasteiger partial charge on any atom is 0.293 e. The molecule has 0 aromatic heterocycles. The Kier molecular flexibility index (Phi) is 3.26. The molecule has 0 bridgehead atoms. The Morgan fingerprint density at radius 1 is 1.47 bits per heavy atom. The summed E-state index contributed by atoms with van der Waals surface area (Å²) in [5, 5.41) is 11.2. The SMILES string of the molecule is C#CC1CC(=O)N(c2c(C)cc(C)cc2[N+](=O)[O-])C1. The van der Waals surface area contributed by atoms with E-state index < -0.39 is 4.92 Å². The molecule has 0 saturated carbocycles. The highest BCUT2D eigenvalue weighted by Gasteiger charge is 2.34. The van der Waals surface area contributed by atoms with Gasteiger partial charge in [0.05, 0.1) is 4.92 Å². The standard InChI is InChI=1S/C14H14N2O3/c1-4-11-7-13(17)15(8-11)14-10(3)5-9(2)6-12(14)16(18)19/h1,5-6,11H,7-8H2,2-3H3. The lowest BCUT2D eigenvalue weighted by atomic mass is 10.1. The van der Waals surface area contributed by atoms with Gasteiger partial charge in [0.2, 0.25) is 5.91 Å². The largest absolute Gasteiger partial charge is 0.305 e. The first-order valence-corrected chi connectivity index (χ1v) is 5.96. The Balaban J connectivity index is 2.54. The molecule has 1 atom stereocenters. The van der Waals surface area contributed by atoms with Crippen LogP contribution in [0.5, 0.6) is 0 Å². The second-order valence-electron chi connectivity index (χ2n) is 4.78. The molecule has 19 heavy (non-hydrogen) atoms. The number of terminal acetylenes is 1. The highest BCUT2D eigenvalue weighted by molar-refractivity contribution is 5.99. The Labute approximate surface area is 111 Å². The van der Waals surface area contributed by atoms with Gasteiger partial charge in [-0.15, -0.1) is 12.3 Å².